The molecule has 0 saturated carbocycles. The number of ether oxygens (including phenoxy) is 4. The Morgan fingerprint density at radius 1 is 0.868 bits per heavy atom. The molecule has 3 aromatic carbocycles. The van der Waals surface area contributed by atoms with Gasteiger partial charge in [0.1, 0.15) is 5.82 Å². The molecule has 9 heteroatoms. The number of aryl methyl sites for hydroxylation is 3. The van der Waals surface area contributed by atoms with E-state index in [-0.39, 0.29) is 12.1 Å². The lowest BCUT2D eigenvalue weighted by molar-refractivity contribution is -0.204. The van der Waals surface area contributed by atoms with Crippen molar-refractivity contribution in [2.24, 2.45) is 5.92 Å². The molecular formula is C29H31F5O4. The Balaban J connectivity index is 1.31. The predicted octanol–water partition coefficient (Wildman–Crippen LogP) is 6.80. The van der Waals surface area contributed by atoms with Crippen LogP contribution in [0.4, 0.5) is 22.0 Å². The van der Waals surface area contributed by atoms with Crippen molar-refractivity contribution in [3.63, 3.8) is 0 Å². The van der Waals surface area contributed by atoms with Gasteiger partial charge in [0.05, 0.1) is 13.2 Å². The van der Waals surface area contributed by atoms with Gasteiger partial charge in [-0.15, -0.1) is 0 Å². The van der Waals surface area contributed by atoms with Crippen LogP contribution in [-0.4, -0.2) is 46.0 Å². The summed E-state index contributed by atoms with van der Waals surface area (Å²) < 4.78 is 87.5. The van der Waals surface area contributed by atoms with Crippen LogP contribution in [0.15, 0.2) is 48.5 Å². The average molecular weight is 539 g/mol. The van der Waals surface area contributed by atoms with Crippen LogP contribution in [0.1, 0.15) is 29.5 Å². The number of alkyl halides is 3. The Bertz CT molecular complexity index is 1210. The highest BCUT2D eigenvalue weighted by molar-refractivity contribution is 5.84. The molecule has 1 aliphatic rings. The largest absolute Gasteiger partial charge is 0.481 e. The maximum atomic E-state index is 15.2. The second-order valence-corrected chi connectivity index (χ2v) is 9.55. The number of fused-ring (bicyclic) bond motifs is 1. The Morgan fingerprint density at radius 3 is 2.32 bits per heavy atom. The molecule has 0 spiro atoms. The number of halogens is 5. The van der Waals surface area contributed by atoms with Crippen molar-refractivity contribution in [2.45, 2.75) is 44.6 Å². The zero-order chi connectivity index (χ0) is 27.1. The van der Waals surface area contributed by atoms with E-state index in [9.17, 15) is 17.6 Å². The number of methoxy groups -OCH3 is 1. The predicted molar refractivity (Wildman–Crippen MR) is 133 cm³/mol. The molecule has 0 bridgehead atoms. The monoisotopic (exact) mass is 538 g/mol. The van der Waals surface area contributed by atoms with Crippen molar-refractivity contribution in [1.82, 2.24) is 0 Å². The molecule has 0 radical (unpaired) electrons. The highest BCUT2D eigenvalue weighted by Gasteiger charge is 2.29. The number of hydrogen-bond acceptors (Lipinski definition) is 4. The van der Waals surface area contributed by atoms with Crippen LogP contribution >= 0.6 is 0 Å². The second-order valence-electron chi connectivity index (χ2n) is 9.55. The van der Waals surface area contributed by atoms with E-state index in [1.54, 1.807) is 19.2 Å². The van der Waals surface area contributed by atoms with Crippen molar-refractivity contribution in [2.75, 3.05) is 33.5 Å². The molecule has 4 nitrogen and oxygen atoms in total. The smallest absolute Gasteiger partial charge is 0.422 e. The maximum absolute atomic E-state index is 15.2. The van der Waals surface area contributed by atoms with Crippen molar-refractivity contribution >= 4 is 10.8 Å². The van der Waals surface area contributed by atoms with E-state index in [0.29, 0.717) is 61.5 Å². The lowest BCUT2D eigenvalue weighted by atomic mass is 9.98. The molecule has 4 rings (SSSR count). The van der Waals surface area contributed by atoms with Gasteiger partial charge in [-0.05, 0) is 59.9 Å². The average Bonchev–Trinajstić information content (AvgIpc) is 2.90. The summed E-state index contributed by atoms with van der Waals surface area (Å²) in [5.74, 6) is -1.33. The Hall–Kier alpha value is -2.75. The fraction of sp³-hybridized carbons (Fsp3) is 0.448. The number of benzene rings is 3. The van der Waals surface area contributed by atoms with E-state index in [0.717, 1.165) is 35.9 Å². The summed E-state index contributed by atoms with van der Waals surface area (Å²) in [6.07, 6.45) is -1.81. The quantitative estimate of drug-likeness (QED) is 0.252. The summed E-state index contributed by atoms with van der Waals surface area (Å²) in [7, 11) is 1.68. The highest BCUT2D eigenvalue weighted by Crippen LogP contribution is 2.27. The van der Waals surface area contributed by atoms with Crippen molar-refractivity contribution in [1.29, 1.82) is 0 Å². The summed E-state index contributed by atoms with van der Waals surface area (Å²) in [6.45, 7) is 0.433. The van der Waals surface area contributed by atoms with Gasteiger partial charge in [0, 0.05) is 31.4 Å². The Labute approximate surface area is 218 Å². The third kappa shape index (κ3) is 7.88. The summed E-state index contributed by atoms with van der Waals surface area (Å²) in [5, 5.41) is 1.28. The fourth-order valence-corrected chi connectivity index (χ4v) is 4.48. The molecule has 0 N–H and O–H groups in total. The third-order valence-corrected chi connectivity index (χ3v) is 6.60. The summed E-state index contributed by atoms with van der Waals surface area (Å²) in [6, 6.07) is 13.0. The zero-order valence-electron chi connectivity index (χ0n) is 21.2. The van der Waals surface area contributed by atoms with Crippen LogP contribution in [0.2, 0.25) is 0 Å². The molecule has 0 atom stereocenters. The van der Waals surface area contributed by atoms with E-state index in [2.05, 4.69) is 4.74 Å². The minimum absolute atomic E-state index is 0.251. The highest BCUT2D eigenvalue weighted by atomic mass is 19.4. The van der Waals surface area contributed by atoms with E-state index in [1.807, 2.05) is 18.2 Å². The molecule has 1 saturated heterocycles. The van der Waals surface area contributed by atoms with Gasteiger partial charge in [0.2, 0.25) is 0 Å². The molecule has 0 aromatic heterocycles. The maximum Gasteiger partial charge on any atom is 0.422 e. The van der Waals surface area contributed by atoms with Gasteiger partial charge in [-0.1, -0.05) is 36.4 Å². The first-order chi connectivity index (χ1) is 18.2. The molecule has 38 heavy (non-hydrogen) atoms. The third-order valence-electron chi connectivity index (χ3n) is 6.60. The first kappa shape index (κ1) is 28.3. The van der Waals surface area contributed by atoms with Crippen molar-refractivity contribution in [3.8, 4) is 5.75 Å². The fourth-order valence-electron chi connectivity index (χ4n) is 4.48. The van der Waals surface area contributed by atoms with Crippen LogP contribution in [0.5, 0.6) is 5.75 Å². The normalized spacial score (nSPS) is 18.2. The van der Waals surface area contributed by atoms with Crippen molar-refractivity contribution < 1.29 is 40.9 Å². The first-order valence-corrected chi connectivity index (χ1v) is 12.6. The van der Waals surface area contributed by atoms with Gasteiger partial charge in [-0.2, -0.15) is 13.2 Å². The van der Waals surface area contributed by atoms with E-state index >= 15 is 4.39 Å². The summed E-state index contributed by atoms with van der Waals surface area (Å²) in [4.78, 5) is 0. The topological polar surface area (TPSA) is 36.9 Å². The van der Waals surface area contributed by atoms with E-state index < -0.39 is 24.3 Å². The Morgan fingerprint density at radius 2 is 1.61 bits per heavy atom. The summed E-state index contributed by atoms with van der Waals surface area (Å²) >= 11 is 0. The first-order valence-electron chi connectivity index (χ1n) is 12.6. The van der Waals surface area contributed by atoms with Gasteiger partial charge in [-0.25, -0.2) is 8.78 Å². The van der Waals surface area contributed by atoms with Crippen LogP contribution in [0, 0.1) is 17.6 Å². The van der Waals surface area contributed by atoms with Gasteiger partial charge in [0.15, 0.2) is 24.5 Å². The molecule has 206 valence electrons. The molecule has 1 aliphatic heterocycles. The van der Waals surface area contributed by atoms with Gasteiger partial charge in [-0.3, -0.25) is 0 Å². The molecule has 0 aliphatic carbocycles. The second kappa shape index (κ2) is 12.9. The van der Waals surface area contributed by atoms with Crippen LogP contribution in [0.3, 0.4) is 0 Å². The van der Waals surface area contributed by atoms with Gasteiger partial charge < -0.3 is 18.9 Å². The van der Waals surface area contributed by atoms with Crippen LogP contribution in [-0.2, 0) is 33.5 Å². The van der Waals surface area contributed by atoms with Crippen molar-refractivity contribution in [3.05, 3.63) is 76.9 Å². The molecular weight excluding hydrogens is 507 g/mol. The molecule has 3 aromatic rings. The zero-order valence-corrected chi connectivity index (χ0v) is 21.2. The van der Waals surface area contributed by atoms with E-state index in [1.165, 1.54) is 6.07 Å². The molecule has 0 unspecified atom stereocenters. The minimum atomic E-state index is -4.55. The van der Waals surface area contributed by atoms with Crippen LogP contribution < -0.4 is 4.74 Å². The standard InChI is InChI=1S/C29H31F5O4/c1-35-13-12-21-16-36-27(37-17-21)11-5-19-3-9-24-23(14-19)8-7-22(28(24)31)6-2-20-4-10-26(25(30)15-20)38-18-29(32,33)34/h3-4,7-10,14-15,21,27H,2,5-6,11-13,16-18H2,1H3. The molecule has 0 amide bonds. The summed E-state index contributed by atoms with van der Waals surface area (Å²) in [5.41, 5.74) is 2.07. The van der Waals surface area contributed by atoms with Gasteiger partial charge >= 0.3 is 6.18 Å². The van der Waals surface area contributed by atoms with Gasteiger partial charge in [0.25, 0.3) is 0 Å². The molecule has 1 heterocycles. The lowest BCUT2D eigenvalue weighted by Crippen LogP contribution is -2.32. The number of rotatable bonds is 11. The SMILES string of the molecule is COCCC1COC(CCc2ccc3c(F)c(CCc4ccc(OCC(F)(F)F)c(F)c4)ccc3c2)OC1. The lowest BCUT2D eigenvalue weighted by Gasteiger charge is -2.29. The number of hydrogen-bond donors (Lipinski definition) is 0. The van der Waals surface area contributed by atoms with Crippen LogP contribution in [0.25, 0.3) is 10.8 Å². The minimum Gasteiger partial charge on any atom is -0.481 e. The molecule has 1 fully saturated rings. The van der Waals surface area contributed by atoms with E-state index in [4.69, 9.17) is 14.2 Å². The Kier molecular flexibility index (Phi) is 9.57.